The summed E-state index contributed by atoms with van der Waals surface area (Å²) >= 11 is 3.48. The number of hydrogen-bond acceptors (Lipinski definition) is 9. The predicted octanol–water partition coefficient (Wildman–Crippen LogP) is 3.54. The average Bonchev–Trinajstić information content (AvgIpc) is 3.48. The van der Waals surface area contributed by atoms with Crippen molar-refractivity contribution in [3.8, 4) is 5.00 Å². The van der Waals surface area contributed by atoms with Crippen LogP contribution in [0.4, 0.5) is 11.6 Å². The topological polar surface area (TPSA) is 101 Å². The van der Waals surface area contributed by atoms with Crippen LogP contribution < -0.4 is 15.8 Å². The number of benzene rings is 1. The third kappa shape index (κ3) is 3.06. The zero-order valence-corrected chi connectivity index (χ0v) is 18.5. The van der Waals surface area contributed by atoms with Gasteiger partial charge in [-0.2, -0.15) is 0 Å². The van der Waals surface area contributed by atoms with Crippen LogP contribution in [0.25, 0.3) is 5.00 Å². The largest absolute Gasteiger partial charge is 0.278 e. The molecule has 9 nitrogen and oxygen atoms in total. The van der Waals surface area contributed by atoms with Gasteiger partial charge in [-0.3, -0.25) is 20.4 Å². The zero-order valence-electron chi connectivity index (χ0n) is 16.9. The average molecular weight is 456 g/mol. The van der Waals surface area contributed by atoms with Crippen molar-refractivity contribution in [2.24, 2.45) is 5.92 Å². The molecule has 2 aromatic heterocycles. The number of hydrogen-bond donors (Lipinski definition) is 2. The minimum Gasteiger partial charge on any atom is -0.278 e. The van der Waals surface area contributed by atoms with Gasteiger partial charge in [-0.15, -0.1) is 21.5 Å². The van der Waals surface area contributed by atoms with Gasteiger partial charge >= 0.3 is 0 Å². The molecule has 160 valence electrons. The van der Waals surface area contributed by atoms with Crippen molar-refractivity contribution in [1.82, 2.24) is 25.5 Å². The van der Waals surface area contributed by atoms with Crippen LogP contribution in [0.15, 0.2) is 29.4 Å². The van der Waals surface area contributed by atoms with Crippen molar-refractivity contribution in [2.75, 3.05) is 11.7 Å². The molecule has 11 heteroatoms. The normalized spacial score (nSPS) is 21.4. The second kappa shape index (κ2) is 7.30. The number of nitrogens with one attached hydrogen (secondary N) is 2. The monoisotopic (exact) mass is 455 g/mol. The third-order valence-electron chi connectivity index (χ3n) is 6.16. The van der Waals surface area contributed by atoms with Crippen LogP contribution in [0, 0.1) is 16.0 Å². The first-order chi connectivity index (χ1) is 15.1. The highest BCUT2D eigenvalue weighted by Gasteiger charge is 2.42. The summed E-state index contributed by atoms with van der Waals surface area (Å²) in [6.07, 6.45) is 3.58. The fourth-order valence-electron chi connectivity index (χ4n) is 4.59. The number of aryl methyl sites for hydroxylation is 1. The van der Waals surface area contributed by atoms with Crippen LogP contribution in [-0.2, 0) is 18.6 Å². The Bertz CT molecular complexity index is 1170. The summed E-state index contributed by atoms with van der Waals surface area (Å²) < 4.78 is 2.18. The maximum Gasteiger partial charge on any atom is 0.269 e. The molecule has 1 saturated heterocycles. The second-order valence-electron chi connectivity index (χ2n) is 8.21. The van der Waals surface area contributed by atoms with E-state index < -0.39 is 0 Å². The number of nitrogens with zero attached hydrogens (tertiary/aromatic N) is 5. The first kappa shape index (κ1) is 19.2. The van der Waals surface area contributed by atoms with Crippen molar-refractivity contribution in [2.45, 2.75) is 43.3 Å². The summed E-state index contributed by atoms with van der Waals surface area (Å²) in [7, 11) is 0. The maximum atomic E-state index is 10.9. The molecule has 1 aliphatic carbocycles. The van der Waals surface area contributed by atoms with E-state index in [0.29, 0.717) is 18.3 Å². The van der Waals surface area contributed by atoms with E-state index in [2.05, 4.69) is 37.4 Å². The van der Waals surface area contributed by atoms with Gasteiger partial charge in [0.2, 0.25) is 5.95 Å². The van der Waals surface area contributed by atoms with E-state index in [9.17, 15) is 10.1 Å². The van der Waals surface area contributed by atoms with Crippen LogP contribution in [0.5, 0.6) is 0 Å². The minimum absolute atomic E-state index is 0.0875. The molecule has 4 heterocycles. The van der Waals surface area contributed by atoms with Crippen molar-refractivity contribution in [1.29, 1.82) is 0 Å². The number of anilines is 1. The number of thioether (sulfide) groups is 1. The number of nitro groups is 1. The molecule has 3 aliphatic rings. The van der Waals surface area contributed by atoms with E-state index in [1.807, 2.05) is 11.3 Å². The van der Waals surface area contributed by atoms with E-state index >= 15 is 0 Å². The molecular weight excluding hydrogens is 434 g/mol. The number of hydrazine groups is 1. The Morgan fingerprint density at radius 2 is 2.16 bits per heavy atom. The van der Waals surface area contributed by atoms with E-state index in [-0.39, 0.29) is 16.8 Å². The minimum atomic E-state index is -0.375. The molecule has 3 aromatic rings. The Kier molecular flexibility index (Phi) is 4.53. The Morgan fingerprint density at radius 3 is 2.97 bits per heavy atom. The predicted molar refractivity (Wildman–Crippen MR) is 119 cm³/mol. The van der Waals surface area contributed by atoms with Gasteiger partial charge in [0.1, 0.15) is 11.2 Å². The number of thiophene rings is 1. The summed E-state index contributed by atoms with van der Waals surface area (Å²) in [5.41, 5.74) is 7.38. The van der Waals surface area contributed by atoms with Crippen molar-refractivity contribution < 1.29 is 4.92 Å². The molecule has 0 spiro atoms. The van der Waals surface area contributed by atoms with Gasteiger partial charge in [0.25, 0.3) is 5.69 Å². The second-order valence-corrected chi connectivity index (χ2v) is 10.2. The fraction of sp³-hybridized carbons (Fsp3) is 0.400. The maximum absolute atomic E-state index is 10.9. The van der Waals surface area contributed by atoms with Gasteiger partial charge in [0.15, 0.2) is 5.16 Å². The molecule has 2 atom stereocenters. The Balaban J connectivity index is 1.36. The van der Waals surface area contributed by atoms with Gasteiger partial charge in [-0.05, 0) is 36.3 Å². The van der Waals surface area contributed by atoms with Gasteiger partial charge in [0, 0.05) is 28.3 Å². The summed E-state index contributed by atoms with van der Waals surface area (Å²) in [6.45, 7) is 3.03. The molecular formula is C20H21N7O2S2. The molecule has 0 saturated carbocycles. The fourth-order valence-corrected chi connectivity index (χ4v) is 6.91. The highest BCUT2D eigenvalue weighted by Crippen LogP contribution is 2.48. The lowest BCUT2D eigenvalue weighted by molar-refractivity contribution is -0.384. The number of non-ortho nitro benzene ring substituents is 1. The van der Waals surface area contributed by atoms with Crippen LogP contribution in [0.1, 0.15) is 41.1 Å². The third-order valence-corrected chi connectivity index (χ3v) is 8.45. The highest BCUT2D eigenvalue weighted by atomic mass is 32.2. The Hall–Kier alpha value is -2.47. The van der Waals surface area contributed by atoms with E-state index in [4.69, 9.17) is 0 Å². The number of nitro benzene ring substituents is 1. The van der Waals surface area contributed by atoms with Crippen molar-refractivity contribution in [3.63, 3.8) is 0 Å². The lowest BCUT2D eigenvalue weighted by Crippen LogP contribution is -2.39. The molecule has 0 amide bonds. The lowest BCUT2D eigenvalue weighted by Gasteiger charge is -2.31. The summed E-state index contributed by atoms with van der Waals surface area (Å²) in [5.74, 6) is 2.18. The SMILES string of the molecule is C[C@H]1CCc2sc3c(c2C1)C1NCNN1c1nnc(SCc2ccc([N+](=O)[O-])cc2)n1-3. The molecule has 0 radical (unpaired) electrons. The van der Waals surface area contributed by atoms with Gasteiger partial charge in [0.05, 0.1) is 11.6 Å². The Labute approximate surface area is 187 Å². The smallest absolute Gasteiger partial charge is 0.269 e. The highest BCUT2D eigenvalue weighted by molar-refractivity contribution is 7.98. The van der Waals surface area contributed by atoms with Crippen LogP contribution in [0.3, 0.4) is 0 Å². The van der Waals surface area contributed by atoms with Gasteiger partial charge < -0.3 is 0 Å². The quantitative estimate of drug-likeness (QED) is 0.350. The first-order valence-corrected chi connectivity index (χ1v) is 12.1. The van der Waals surface area contributed by atoms with E-state index in [1.54, 1.807) is 36.0 Å². The van der Waals surface area contributed by atoms with E-state index in [0.717, 1.165) is 29.5 Å². The molecule has 1 aromatic carbocycles. The van der Waals surface area contributed by atoms with Gasteiger partial charge in [-0.1, -0.05) is 30.8 Å². The van der Waals surface area contributed by atoms with Crippen LogP contribution in [-0.4, -0.2) is 26.4 Å². The number of fused-ring (bicyclic) bond motifs is 8. The molecule has 31 heavy (non-hydrogen) atoms. The molecule has 1 unspecified atom stereocenters. The molecule has 1 fully saturated rings. The molecule has 2 aliphatic heterocycles. The van der Waals surface area contributed by atoms with Crippen LogP contribution in [0.2, 0.25) is 0 Å². The summed E-state index contributed by atoms with van der Waals surface area (Å²) in [4.78, 5) is 12.0. The van der Waals surface area contributed by atoms with Crippen LogP contribution >= 0.6 is 23.1 Å². The summed E-state index contributed by atoms with van der Waals surface area (Å²) in [6, 6.07) is 6.70. The molecule has 0 bridgehead atoms. The first-order valence-electron chi connectivity index (χ1n) is 10.3. The standard InChI is InChI=1S/C20H21N7O2S2/c1-11-2-7-15-14(8-11)16-17-21-10-22-26(17)19-23-24-20(25(19)18(16)31-15)30-9-12-3-5-13(6-4-12)27(28)29/h3-6,11,17,21-22H,2,7-10H2,1H3/t11-,17?/m0/s1. The van der Waals surface area contributed by atoms with Gasteiger partial charge in [-0.25, -0.2) is 9.99 Å². The molecule has 6 rings (SSSR count). The number of aromatic nitrogens is 3. The van der Waals surface area contributed by atoms with Crippen molar-refractivity contribution in [3.05, 3.63) is 55.9 Å². The number of rotatable bonds is 4. The van der Waals surface area contributed by atoms with E-state index in [1.165, 1.54) is 27.4 Å². The van der Waals surface area contributed by atoms with Crippen molar-refractivity contribution >= 4 is 34.7 Å². The molecule has 2 N–H and O–H groups in total. The lowest BCUT2D eigenvalue weighted by atomic mass is 9.87. The Morgan fingerprint density at radius 1 is 1.32 bits per heavy atom. The zero-order chi connectivity index (χ0) is 21.1. The summed E-state index contributed by atoms with van der Waals surface area (Å²) in [5, 5.41) is 27.6.